The summed E-state index contributed by atoms with van der Waals surface area (Å²) >= 11 is 0. The lowest BCUT2D eigenvalue weighted by molar-refractivity contribution is -0.142. The Kier molecular flexibility index (Phi) is 2.49. The molecule has 2 atom stereocenters. The zero-order chi connectivity index (χ0) is 8.43. The number of ether oxygens (including phenoxy) is 1. The number of rotatable bonds is 3. The highest BCUT2D eigenvalue weighted by atomic mass is 16.5. The molecular weight excluding hydrogens is 142 g/mol. The van der Waals surface area contributed by atoms with Gasteiger partial charge in [-0.05, 0) is 26.4 Å². The highest BCUT2D eigenvalue weighted by Crippen LogP contribution is 2.39. The molecule has 0 aliphatic heterocycles. The van der Waals surface area contributed by atoms with Gasteiger partial charge in [-0.15, -0.1) is 0 Å². The molecule has 64 valence electrons. The summed E-state index contributed by atoms with van der Waals surface area (Å²) in [5, 5.41) is 0. The molecule has 3 nitrogen and oxygen atoms in total. The number of carbonyl (C=O) groups excluding carboxylic acids is 1. The molecule has 11 heavy (non-hydrogen) atoms. The zero-order valence-corrected chi connectivity index (χ0v) is 7.33. The van der Waals surface area contributed by atoms with Crippen LogP contribution in [0.15, 0.2) is 0 Å². The van der Waals surface area contributed by atoms with Crippen molar-refractivity contribution in [2.24, 2.45) is 11.8 Å². The van der Waals surface area contributed by atoms with Crippen molar-refractivity contribution in [1.82, 2.24) is 4.90 Å². The molecule has 0 saturated heterocycles. The van der Waals surface area contributed by atoms with E-state index >= 15 is 0 Å². The van der Waals surface area contributed by atoms with Crippen LogP contribution in [0.5, 0.6) is 0 Å². The molecule has 0 unspecified atom stereocenters. The van der Waals surface area contributed by atoms with Crippen LogP contribution in [0.4, 0.5) is 0 Å². The van der Waals surface area contributed by atoms with E-state index in [1.807, 2.05) is 14.1 Å². The van der Waals surface area contributed by atoms with Crippen LogP contribution in [-0.2, 0) is 9.53 Å². The van der Waals surface area contributed by atoms with E-state index in [1.165, 1.54) is 7.11 Å². The van der Waals surface area contributed by atoms with Crippen LogP contribution >= 0.6 is 0 Å². The third-order valence-electron chi connectivity index (χ3n) is 2.03. The normalized spacial score (nSPS) is 28.7. The largest absolute Gasteiger partial charge is 0.469 e. The Balaban J connectivity index is 2.21. The van der Waals surface area contributed by atoms with Crippen molar-refractivity contribution < 1.29 is 9.53 Å². The van der Waals surface area contributed by atoms with E-state index in [4.69, 9.17) is 0 Å². The lowest BCUT2D eigenvalue weighted by Crippen LogP contribution is -2.17. The van der Waals surface area contributed by atoms with Crippen LogP contribution in [0, 0.1) is 11.8 Å². The maximum absolute atomic E-state index is 10.9. The van der Waals surface area contributed by atoms with Gasteiger partial charge in [0.1, 0.15) is 0 Å². The number of methoxy groups -OCH3 is 1. The number of esters is 1. The predicted octanol–water partition coefficient (Wildman–Crippen LogP) is 0.357. The van der Waals surface area contributed by atoms with Gasteiger partial charge in [-0.25, -0.2) is 0 Å². The first-order chi connectivity index (χ1) is 5.15. The molecule has 0 aromatic carbocycles. The molecule has 1 saturated carbocycles. The maximum Gasteiger partial charge on any atom is 0.308 e. The molecule has 0 heterocycles. The highest BCUT2D eigenvalue weighted by molar-refractivity contribution is 5.75. The van der Waals surface area contributed by atoms with Crippen molar-refractivity contribution in [1.29, 1.82) is 0 Å². The number of carbonyl (C=O) groups is 1. The average Bonchev–Trinajstić information content (AvgIpc) is 2.65. The summed E-state index contributed by atoms with van der Waals surface area (Å²) in [5.41, 5.74) is 0. The van der Waals surface area contributed by atoms with Crippen molar-refractivity contribution in [3.05, 3.63) is 0 Å². The van der Waals surface area contributed by atoms with Gasteiger partial charge >= 0.3 is 5.97 Å². The average molecular weight is 157 g/mol. The Morgan fingerprint density at radius 3 is 2.73 bits per heavy atom. The third-order valence-corrected chi connectivity index (χ3v) is 2.03. The van der Waals surface area contributed by atoms with Gasteiger partial charge in [0, 0.05) is 6.54 Å². The molecule has 0 aromatic rings. The van der Waals surface area contributed by atoms with E-state index in [0.717, 1.165) is 13.0 Å². The Bertz CT molecular complexity index is 156. The number of hydrogen-bond acceptors (Lipinski definition) is 3. The fourth-order valence-electron chi connectivity index (χ4n) is 1.36. The van der Waals surface area contributed by atoms with E-state index in [1.54, 1.807) is 0 Å². The van der Waals surface area contributed by atoms with Crippen LogP contribution < -0.4 is 0 Å². The minimum Gasteiger partial charge on any atom is -0.469 e. The Hall–Kier alpha value is -0.570. The molecule has 1 fully saturated rings. The van der Waals surface area contributed by atoms with E-state index in [2.05, 4.69) is 9.64 Å². The predicted molar refractivity (Wildman–Crippen MR) is 42.2 cm³/mol. The molecular formula is C8H15NO2. The lowest BCUT2D eigenvalue weighted by atomic mass is 10.3. The van der Waals surface area contributed by atoms with E-state index in [9.17, 15) is 4.79 Å². The second-order valence-corrected chi connectivity index (χ2v) is 3.39. The van der Waals surface area contributed by atoms with Gasteiger partial charge in [0.25, 0.3) is 0 Å². The Morgan fingerprint density at radius 2 is 2.27 bits per heavy atom. The summed E-state index contributed by atoms with van der Waals surface area (Å²) in [6.07, 6.45) is 1.00. The van der Waals surface area contributed by atoms with Gasteiger partial charge in [0.2, 0.25) is 0 Å². The van der Waals surface area contributed by atoms with Gasteiger partial charge in [0.05, 0.1) is 13.0 Å². The summed E-state index contributed by atoms with van der Waals surface area (Å²) in [5.74, 6) is 0.677. The quantitative estimate of drug-likeness (QED) is 0.554. The fraction of sp³-hybridized carbons (Fsp3) is 0.875. The Morgan fingerprint density at radius 1 is 1.64 bits per heavy atom. The highest BCUT2D eigenvalue weighted by Gasteiger charge is 2.43. The van der Waals surface area contributed by atoms with Crippen LogP contribution in [0.25, 0.3) is 0 Å². The van der Waals surface area contributed by atoms with Crippen molar-refractivity contribution in [2.75, 3.05) is 27.7 Å². The summed E-state index contributed by atoms with van der Waals surface area (Å²) in [6.45, 7) is 1.000. The van der Waals surface area contributed by atoms with Gasteiger partial charge in [0.15, 0.2) is 0 Å². The van der Waals surface area contributed by atoms with Crippen LogP contribution in [0.1, 0.15) is 6.42 Å². The lowest BCUT2D eigenvalue weighted by Gasteiger charge is -2.07. The number of nitrogens with zero attached hydrogens (tertiary/aromatic N) is 1. The molecule has 1 aliphatic carbocycles. The summed E-state index contributed by atoms with van der Waals surface area (Å²) < 4.78 is 4.63. The van der Waals surface area contributed by atoms with Gasteiger partial charge < -0.3 is 9.64 Å². The van der Waals surface area contributed by atoms with Crippen LogP contribution in [0.2, 0.25) is 0 Å². The maximum atomic E-state index is 10.9. The van der Waals surface area contributed by atoms with Crippen molar-refractivity contribution in [2.45, 2.75) is 6.42 Å². The standard InChI is InChI=1S/C8H15NO2/c1-9(2)5-6-4-7(6)8(10)11-3/h6-7H,4-5H2,1-3H3/t6-,7+/m1/s1. The van der Waals surface area contributed by atoms with Crippen LogP contribution in [-0.4, -0.2) is 38.6 Å². The molecule has 1 aliphatic rings. The minimum absolute atomic E-state index is 0.0446. The third kappa shape index (κ3) is 2.19. The van der Waals surface area contributed by atoms with E-state index in [-0.39, 0.29) is 11.9 Å². The SMILES string of the molecule is COC(=O)[C@H]1C[C@@H]1CN(C)C. The van der Waals surface area contributed by atoms with Crippen LogP contribution in [0.3, 0.4) is 0 Å². The topological polar surface area (TPSA) is 29.5 Å². The monoisotopic (exact) mass is 157 g/mol. The molecule has 0 radical (unpaired) electrons. The minimum atomic E-state index is -0.0446. The molecule has 3 heteroatoms. The molecule has 0 amide bonds. The summed E-state index contributed by atoms with van der Waals surface area (Å²) in [7, 11) is 5.49. The van der Waals surface area contributed by atoms with Gasteiger partial charge in [-0.2, -0.15) is 0 Å². The molecule has 0 aromatic heterocycles. The van der Waals surface area contributed by atoms with E-state index in [0.29, 0.717) is 5.92 Å². The number of hydrogen-bond donors (Lipinski definition) is 0. The first kappa shape index (κ1) is 8.53. The van der Waals surface area contributed by atoms with Crippen molar-refractivity contribution in [3.63, 3.8) is 0 Å². The zero-order valence-electron chi connectivity index (χ0n) is 7.33. The first-order valence-corrected chi connectivity index (χ1v) is 3.87. The second-order valence-electron chi connectivity index (χ2n) is 3.39. The van der Waals surface area contributed by atoms with Gasteiger partial charge in [-0.3, -0.25) is 4.79 Å². The molecule has 1 rings (SSSR count). The fourth-order valence-corrected chi connectivity index (χ4v) is 1.36. The van der Waals surface area contributed by atoms with Gasteiger partial charge in [-0.1, -0.05) is 0 Å². The molecule has 0 N–H and O–H groups in total. The first-order valence-electron chi connectivity index (χ1n) is 3.87. The second kappa shape index (κ2) is 3.22. The Labute approximate surface area is 67.3 Å². The molecule has 0 bridgehead atoms. The summed E-state index contributed by atoms with van der Waals surface area (Å²) in [4.78, 5) is 13.0. The summed E-state index contributed by atoms with van der Waals surface area (Å²) in [6, 6.07) is 0. The van der Waals surface area contributed by atoms with Crippen molar-refractivity contribution >= 4 is 5.97 Å². The van der Waals surface area contributed by atoms with E-state index < -0.39 is 0 Å². The van der Waals surface area contributed by atoms with Crippen molar-refractivity contribution in [3.8, 4) is 0 Å². The molecule has 0 spiro atoms. The smallest absolute Gasteiger partial charge is 0.308 e.